The minimum absolute atomic E-state index is 0.103. The lowest BCUT2D eigenvalue weighted by Crippen LogP contribution is -2.29. The van der Waals surface area contributed by atoms with Gasteiger partial charge in [0.25, 0.3) is 0 Å². The summed E-state index contributed by atoms with van der Waals surface area (Å²) in [5, 5.41) is 14.2. The molecule has 0 atom stereocenters. The van der Waals surface area contributed by atoms with Gasteiger partial charge in [0.15, 0.2) is 10.6 Å². The highest BCUT2D eigenvalue weighted by molar-refractivity contribution is 7.71. The molecule has 7 nitrogen and oxygen atoms in total. The Morgan fingerprint density at radius 1 is 1.13 bits per heavy atom. The van der Waals surface area contributed by atoms with E-state index >= 15 is 0 Å². The maximum Gasteiger partial charge on any atom is 0.240 e. The number of aromatic nitrogens is 5. The quantitative estimate of drug-likeness (QED) is 0.451. The third kappa shape index (κ3) is 4.55. The number of hydrogen-bond donors (Lipinski definition) is 2. The first-order valence-electron chi connectivity index (χ1n) is 9.68. The summed E-state index contributed by atoms with van der Waals surface area (Å²) in [5.74, 6) is 0.554. The number of rotatable bonds is 7. The lowest BCUT2D eigenvalue weighted by molar-refractivity contribution is -0.121. The zero-order chi connectivity index (χ0) is 20.9. The topological polar surface area (TPSA) is 80.5 Å². The van der Waals surface area contributed by atoms with E-state index in [4.69, 9.17) is 12.2 Å². The molecule has 152 valence electrons. The van der Waals surface area contributed by atoms with Gasteiger partial charge in [0.05, 0.1) is 5.69 Å². The predicted octanol–water partition coefficient (Wildman–Crippen LogP) is 3.46. The van der Waals surface area contributed by atoms with E-state index in [0.717, 1.165) is 28.8 Å². The second kappa shape index (κ2) is 8.87. The maximum absolute atomic E-state index is 12.5. The molecule has 0 aliphatic heterocycles. The Bertz CT molecular complexity index is 1170. The summed E-state index contributed by atoms with van der Waals surface area (Å²) >= 11 is 5.31. The standard InChI is InChI=1S/C22H22N6OS/c1-16-3-7-18(8-4-16)21-25-26-22(30)27(21)15-20(29)23-13-11-17-5-9-19(10-6-17)28-14-2-12-24-28/h2-10,12,14H,11,13,15H2,1H3,(H,23,29)(H,26,30). The van der Waals surface area contributed by atoms with Crippen LogP contribution in [0, 0.1) is 11.7 Å². The molecule has 8 heteroatoms. The summed E-state index contributed by atoms with van der Waals surface area (Å²) in [6, 6.07) is 18.0. The van der Waals surface area contributed by atoms with Gasteiger partial charge in [-0.3, -0.25) is 14.5 Å². The largest absolute Gasteiger partial charge is 0.354 e. The van der Waals surface area contributed by atoms with Crippen molar-refractivity contribution in [3.63, 3.8) is 0 Å². The number of aromatic amines is 1. The van der Waals surface area contributed by atoms with Crippen LogP contribution < -0.4 is 5.32 Å². The summed E-state index contributed by atoms with van der Waals surface area (Å²) in [7, 11) is 0. The number of benzene rings is 2. The fourth-order valence-electron chi connectivity index (χ4n) is 3.17. The van der Waals surface area contributed by atoms with Gasteiger partial charge in [0.1, 0.15) is 6.54 Å². The van der Waals surface area contributed by atoms with Crippen LogP contribution >= 0.6 is 12.2 Å². The summed E-state index contributed by atoms with van der Waals surface area (Å²) in [6.45, 7) is 2.70. The van der Waals surface area contributed by atoms with E-state index in [1.165, 1.54) is 0 Å². The second-order valence-electron chi connectivity index (χ2n) is 7.02. The van der Waals surface area contributed by atoms with Crippen molar-refractivity contribution in [2.45, 2.75) is 19.9 Å². The van der Waals surface area contributed by atoms with Crippen molar-refractivity contribution in [2.75, 3.05) is 6.54 Å². The van der Waals surface area contributed by atoms with Crippen LogP contribution in [0.1, 0.15) is 11.1 Å². The van der Waals surface area contributed by atoms with Crippen LogP contribution in [0.3, 0.4) is 0 Å². The van der Waals surface area contributed by atoms with E-state index in [2.05, 4.69) is 20.6 Å². The van der Waals surface area contributed by atoms with E-state index in [9.17, 15) is 4.79 Å². The molecule has 30 heavy (non-hydrogen) atoms. The lowest BCUT2D eigenvalue weighted by atomic mass is 10.1. The zero-order valence-electron chi connectivity index (χ0n) is 16.6. The summed E-state index contributed by atoms with van der Waals surface area (Å²) in [4.78, 5) is 12.5. The molecule has 2 N–H and O–H groups in total. The van der Waals surface area contributed by atoms with Gasteiger partial charge in [-0.25, -0.2) is 4.68 Å². The number of carbonyl (C=O) groups is 1. The molecule has 2 aromatic heterocycles. The van der Waals surface area contributed by atoms with Crippen LogP contribution in [0.2, 0.25) is 0 Å². The third-order valence-corrected chi connectivity index (χ3v) is 5.12. The van der Waals surface area contributed by atoms with Crippen LogP contribution in [0.5, 0.6) is 0 Å². The van der Waals surface area contributed by atoms with Crippen LogP contribution in [-0.2, 0) is 17.8 Å². The average Bonchev–Trinajstić information content (AvgIpc) is 3.40. The number of nitrogens with one attached hydrogen (secondary N) is 2. The van der Waals surface area contributed by atoms with Crippen molar-refractivity contribution in [2.24, 2.45) is 0 Å². The molecule has 0 spiro atoms. The number of carbonyl (C=O) groups excluding carboxylic acids is 1. The fraction of sp³-hybridized carbons (Fsp3) is 0.182. The molecule has 1 amide bonds. The second-order valence-corrected chi connectivity index (χ2v) is 7.41. The molecule has 0 aliphatic carbocycles. The molecule has 2 heterocycles. The van der Waals surface area contributed by atoms with Crippen molar-refractivity contribution in [3.05, 3.63) is 82.9 Å². The van der Waals surface area contributed by atoms with E-state index < -0.39 is 0 Å². The predicted molar refractivity (Wildman–Crippen MR) is 118 cm³/mol. The van der Waals surface area contributed by atoms with Crippen LogP contribution in [0.15, 0.2) is 67.0 Å². The minimum atomic E-state index is -0.103. The highest BCUT2D eigenvalue weighted by atomic mass is 32.1. The first kappa shape index (κ1) is 19.8. The van der Waals surface area contributed by atoms with Crippen LogP contribution in [0.4, 0.5) is 0 Å². The van der Waals surface area contributed by atoms with Gasteiger partial charge in [-0.05, 0) is 49.3 Å². The Labute approximate surface area is 179 Å². The van der Waals surface area contributed by atoms with Gasteiger partial charge in [0, 0.05) is 24.5 Å². The Morgan fingerprint density at radius 3 is 2.60 bits per heavy atom. The normalized spacial score (nSPS) is 10.8. The molecule has 0 fully saturated rings. The monoisotopic (exact) mass is 418 g/mol. The summed E-state index contributed by atoms with van der Waals surface area (Å²) in [5.41, 5.74) is 4.23. The number of H-pyrrole nitrogens is 1. The molecule has 0 unspecified atom stereocenters. The number of hydrogen-bond acceptors (Lipinski definition) is 4. The molecule has 0 bridgehead atoms. The van der Waals surface area contributed by atoms with E-state index in [0.29, 0.717) is 17.1 Å². The molecule has 4 rings (SSSR count). The maximum atomic E-state index is 12.5. The van der Waals surface area contributed by atoms with Gasteiger partial charge >= 0.3 is 0 Å². The van der Waals surface area contributed by atoms with Crippen molar-refractivity contribution in [3.8, 4) is 17.1 Å². The SMILES string of the molecule is Cc1ccc(-c2n[nH]c(=S)n2CC(=O)NCCc2ccc(-n3cccn3)cc2)cc1. The molecule has 2 aromatic carbocycles. The molecular formula is C22H22N6OS. The van der Waals surface area contributed by atoms with Gasteiger partial charge in [-0.2, -0.15) is 10.2 Å². The molecule has 0 aliphatic rings. The van der Waals surface area contributed by atoms with Crippen molar-refractivity contribution in [1.82, 2.24) is 29.9 Å². The van der Waals surface area contributed by atoms with E-state index in [1.54, 1.807) is 10.8 Å². The van der Waals surface area contributed by atoms with Crippen molar-refractivity contribution in [1.29, 1.82) is 0 Å². The Balaban J connectivity index is 1.34. The van der Waals surface area contributed by atoms with Gasteiger partial charge in [-0.1, -0.05) is 42.0 Å². The zero-order valence-corrected chi connectivity index (χ0v) is 17.4. The van der Waals surface area contributed by atoms with Gasteiger partial charge < -0.3 is 5.32 Å². The van der Waals surface area contributed by atoms with Gasteiger partial charge in [0.2, 0.25) is 5.91 Å². The summed E-state index contributed by atoms with van der Waals surface area (Å²) < 4.78 is 3.95. The van der Waals surface area contributed by atoms with E-state index in [-0.39, 0.29) is 12.5 Å². The summed E-state index contributed by atoms with van der Waals surface area (Å²) in [6.07, 6.45) is 4.40. The molecular weight excluding hydrogens is 396 g/mol. The Hall–Kier alpha value is -3.52. The third-order valence-electron chi connectivity index (χ3n) is 4.81. The fourth-order valence-corrected chi connectivity index (χ4v) is 3.37. The smallest absolute Gasteiger partial charge is 0.240 e. The van der Waals surface area contributed by atoms with Crippen molar-refractivity contribution < 1.29 is 4.79 Å². The molecule has 0 saturated carbocycles. The minimum Gasteiger partial charge on any atom is -0.354 e. The number of aryl methyl sites for hydroxylation is 1. The van der Waals surface area contributed by atoms with Gasteiger partial charge in [-0.15, -0.1) is 0 Å². The molecule has 0 saturated heterocycles. The molecule has 4 aromatic rings. The Kier molecular flexibility index (Phi) is 5.85. The highest BCUT2D eigenvalue weighted by Crippen LogP contribution is 2.17. The van der Waals surface area contributed by atoms with Crippen LogP contribution in [0.25, 0.3) is 17.1 Å². The first-order valence-corrected chi connectivity index (χ1v) is 10.1. The lowest BCUT2D eigenvalue weighted by Gasteiger charge is -2.09. The van der Waals surface area contributed by atoms with Crippen molar-refractivity contribution >= 4 is 18.1 Å². The first-order chi connectivity index (χ1) is 14.6. The number of amides is 1. The van der Waals surface area contributed by atoms with E-state index in [1.807, 2.05) is 72.4 Å². The highest BCUT2D eigenvalue weighted by Gasteiger charge is 2.12. The Morgan fingerprint density at radius 2 is 1.90 bits per heavy atom. The average molecular weight is 419 g/mol. The molecule has 0 radical (unpaired) electrons. The van der Waals surface area contributed by atoms with Crippen LogP contribution in [-0.4, -0.2) is 37.0 Å². The number of nitrogens with zero attached hydrogens (tertiary/aromatic N) is 4.